The van der Waals surface area contributed by atoms with E-state index in [1.165, 1.54) is 22.3 Å². The molecule has 0 saturated carbocycles. The summed E-state index contributed by atoms with van der Waals surface area (Å²) in [4.78, 5) is 2.20. The minimum atomic E-state index is 0. The number of aryl methyl sites for hydroxylation is 1. The number of nitrogens with zero attached hydrogens (tertiary/aromatic N) is 1. The molecule has 0 heterocycles. The quantitative estimate of drug-likeness (QED) is 0.342. The molecule has 2 rings (SSSR count). The highest BCUT2D eigenvalue weighted by Crippen LogP contribution is 2.37. The lowest BCUT2D eigenvalue weighted by Gasteiger charge is -2.33. The van der Waals surface area contributed by atoms with Crippen LogP contribution in [0.5, 0.6) is 5.75 Å². The molecular weight excluding hydrogens is 418 g/mol. The number of ether oxygens (including phenoxy) is 2. The van der Waals surface area contributed by atoms with Gasteiger partial charge in [0.05, 0.1) is 13.2 Å². The Morgan fingerprint density at radius 3 is 2.09 bits per heavy atom. The van der Waals surface area contributed by atoms with Gasteiger partial charge in [0.15, 0.2) is 0 Å². The van der Waals surface area contributed by atoms with Crippen LogP contribution in [-0.2, 0) is 23.1 Å². The topological polar surface area (TPSA) is 21.7 Å². The molecule has 0 aliphatic rings. The summed E-state index contributed by atoms with van der Waals surface area (Å²) in [6.45, 7) is 16.6. The molecule has 0 aliphatic heterocycles. The van der Waals surface area contributed by atoms with Gasteiger partial charge in [0.1, 0.15) is 12.4 Å². The Morgan fingerprint density at radius 2 is 1.50 bits per heavy atom. The van der Waals surface area contributed by atoms with Gasteiger partial charge < -0.3 is 14.4 Å². The van der Waals surface area contributed by atoms with Crippen LogP contribution in [0.4, 0.5) is 0 Å². The summed E-state index contributed by atoms with van der Waals surface area (Å²) in [5.74, 6) is 0.954. The van der Waals surface area contributed by atoms with Crippen molar-refractivity contribution in [3.8, 4) is 5.75 Å². The maximum absolute atomic E-state index is 6.00. The van der Waals surface area contributed by atoms with E-state index in [9.17, 15) is 0 Å². The molecular formula is C28H44ClNO2. The molecule has 0 aromatic heterocycles. The lowest BCUT2D eigenvalue weighted by atomic mass is 9.72. The van der Waals surface area contributed by atoms with Crippen molar-refractivity contribution in [2.45, 2.75) is 66.3 Å². The van der Waals surface area contributed by atoms with Crippen LogP contribution in [0.15, 0.2) is 42.5 Å². The molecule has 180 valence electrons. The molecule has 0 aliphatic carbocycles. The third kappa shape index (κ3) is 9.52. The normalized spacial score (nSPS) is 12.0. The van der Waals surface area contributed by atoms with Gasteiger partial charge in [0.25, 0.3) is 0 Å². The fourth-order valence-electron chi connectivity index (χ4n) is 4.45. The van der Waals surface area contributed by atoms with Gasteiger partial charge in [-0.15, -0.1) is 12.4 Å². The Bertz CT molecular complexity index is 824. The minimum absolute atomic E-state index is 0. The van der Waals surface area contributed by atoms with E-state index in [0.29, 0.717) is 25.2 Å². The van der Waals surface area contributed by atoms with Crippen LogP contribution < -0.4 is 4.74 Å². The summed E-state index contributed by atoms with van der Waals surface area (Å²) in [6, 6.07) is 15.2. The highest BCUT2D eigenvalue weighted by atomic mass is 35.5. The second kappa shape index (κ2) is 12.6. The molecule has 0 spiro atoms. The molecule has 3 nitrogen and oxygen atoms in total. The van der Waals surface area contributed by atoms with Crippen molar-refractivity contribution in [2.75, 3.05) is 33.9 Å². The average molecular weight is 462 g/mol. The van der Waals surface area contributed by atoms with E-state index in [0.717, 1.165) is 25.1 Å². The van der Waals surface area contributed by atoms with Crippen molar-refractivity contribution < 1.29 is 9.47 Å². The number of hydrogen-bond acceptors (Lipinski definition) is 3. The molecule has 2 aromatic carbocycles. The largest absolute Gasteiger partial charge is 0.491 e. The summed E-state index contributed by atoms with van der Waals surface area (Å²) in [7, 11) is 4.20. The second-order valence-corrected chi connectivity index (χ2v) is 10.8. The standard InChI is InChI=1S/C28H43NO2.ClH/c1-22-19-25(28(5,6)21-27(2,3)4)13-14-26(22)31-18-17-30-16-15-23-11-9-10-12-24(23)20-29(7)8;/h9-14,19H,15-18,20-21H2,1-8H3;1H. The van der Waals surface area contributed by atoms with Gasteiger partial charge in [-0.2, -0.15) is 0 Å². The lowest BCUT2D eigenvalue weighted by Crippen LogP contribution is -2.24. The minimum Gasteiger partial charge on any atom is -0.491 e. The maximum Gasteiger partial charge on any atom is 0.122 e. The molecule has 0 atom stereocenters. The van der Waals surface area contributed by atoms with Crippen LogP contribution in [0.25, 0.3) is 0 Å². The Balaban J connectivity index is 0.00000512. The van der Waals surface area contributed by atoms with E-state index < -0.39 is 0 Å². The molecule has 0 saturated heterocycles. The van der Waals surface area contributed by atoms with Crippen LogP contribution in [-0.4, -0.2) is 38.8 Å². The second-order valence-electron chi connectivity index (χ2n) is 10.8. The SMILES string of the molecule is Cc1cc(C(C)(C)CC(C)(C)C)ccc1OCCOCCc1ccccc1CN(C)C.Cl. The molecule has 0 amide bonds. The van der Waals surface area contributed by atoms with E-state index >= 15 is 0 Å². The fraction of sp³-hybridized carbons (Fsp3) is 0.571. The Labute approximate surface area is 202 Å². The number of benzene rings is 2. The van der Waals surface area contributed by atoms with Crippen molar-refractivity contribution in [1.82, 2.24) is 4.90 Å². The first kappa shape index (κ1) is 28.5. The van der Waals surface area contributed by atoms with Crippen LogP contribution in [0.3, 0.4) is 0 Å². The number of halogens is 1. The van der Waals surface area contributed by atoms with Gasteiger partial charge in [-0.05, 0) is 73.0 Å². The van der Waals surface area contributed by atoms with Crippen molar-refractivity contribution in [3.63, 3.8) is 0 Å². The van der Waals surface area contributed by atoms with E-state index in [1.54, 1.807) is 0 Å². The summed E-state index contributed by atoms with van der Waals surface area (Å²) in [5, 5.41) is 0. The highest BCUT2D eigenvalue weighted by molar-refractivity contribution is 5.85. The van der Waals surface area contributed by atoms with E-state index in [1.807, 2.05) is 0 Å². The zero-order valence-electron chi connectivity index (χ0n) is 21.5. The van der Waals surface area contributed by atoms with Gasteiger partial charge in [-0.25, -0.2) is 0 Å². The Morgan fingerprint density at radius 1 is 0.844 bits per heavy atom. The molecule has 0 radical (unpaired) electrons. The number of rotatable bonds is 11. The van der Waals surface area contributed by atoms with E-state index in [4.69, 9.17) is 9.47 Å². The van der Waals surface area contributed by atoms with Crippen molar-refractivity contribution in [3.05, 3.63) is 64.7 Å². The third-order valence-electron chi connectivity index (χ3n) is 5.53. The van der Waals surface area contributed by atoms with Gasteiger partial charge >= 0.3 is 0 Å². The smallest absolute Gasteiger partial charge is 0.122 e. The molecule has 2 aromatic rings. The first-order valence-corrected chi connectivity index (χ1v) is 11.5. The molecule has 4 heteroatoms. The lowest BCUT2D eigenvalue weighted by molar-refractivity contribution is 0.102. The van der Waals surface area contributed by atoms with Crippen LogP contribution in [0.1, 0.15) is 63.3 Å². The Kier molecular flexibility index (Phi) is 11.2. The molecule has 0 unspecified atom stereocenters. The fourth-order valence-corrected chi connectivity index (χ4v) is 4.45. The zero-order chi connectivity index (χ0) is 23.1. The highest BCUT2D eigenvalue weighted by Gasteiger charge is 2.27. The predicted octanol–water partition coefficient (Wildman–Crippen LogP) is 6.83. The first-order chi connectivity index (χ1) is 14.5. The van der Waals surface area contributed by atoms with E-state index in [2.05, 4.69) is 103 Å². The van der Waals surface area contributed by atoms with Gasteiger partial charge in [-0.1, -0.05) is 71.0 Å². The van der Waals surface area contributed by atoms with Crippen LogP contribution >= 0.6 is 12.4 Å². The number of hydrogen-bond donors (Lipinski definition) is 0. The maximum atomic E-state index is 6.00. The van der Waals surface area contributed by atoms with Gasteiger partial charge in [0, 0.05) is 6.54 Å². The zero-order valence-corrected chi connectivity index (χ0v) is 22.3. The van der Waals surface area contributed by atoms with Crippen LogP contribution in [0, 0.1) is 12.3 Å². The summed E-state index contributed by atoms with van der Waals surface area (Å²) in [5.41, 5.74) is 5.75. The summed E-state index contributed by atoms with van der Waals surface area (Å²) >= 11 is 0. The summed E-state index contributed by atoms with van der Waals surface area (Å²) in [6.07, 6.45) is 2.08. The summed E-state index contributed by atoms with van der Waals surface area (Å²) < 4.78 is 11.9. The molecule has 0 bridgehead atoms. The van der Waals surface area contributed by atoms with Gasteiger partial charge in [-0.3, -0.25) is 0 Å². The van der Waals surface area contributed by atoms with Crippen molar-refractivity contribution >= 4 is 12.4 Å². The molecule has 0 N–H and O–H groups in total. The molecule has 0 fully saturated rings. The van der Waals surface area contributed by atoms with Gasteiger partial charge in [0.2, 0.25) is 0 Å². The van der Waals surface area contributed by atoms with E-state index in [-0.39, 0.29) is 17.8 Å². The average Bonchev–Trinajstić information content (AvgIpc) is 2.64. The van der Waals surface area contributed by atoms with Crippen molar-refractivity contribution in [2.24, 2.45) is 5.41 Å². The Hall–Kier alpha value is -1.55. The monoisotopic (exact) mass is 461 g/mol. The predicted molar refractivity (Wildman–Crippen MR) is 139 cm³/mol. The van der Waals surface area contributed by atoms with Crippen molar-refractivity contribution in [1.29, 1.82) is 0 Å². The molecule has 32 heavy (non-hydrogen) atoms. The van der Waals surface area contributed by atoms with Crippen LogP contribution in [0.2, 0.25) is 0 Å². The first-order valence-electron chi connectivity index (χ1n) is 11.5. The third-order valence-corrected chi connectivity index (χ3v) is 5.53.